The summed E-state index contributed by atoms with van der Waals surface area (Å²) in [5.41, 5.74) is 0.802. The normalized spacial score (nSPS) is 19.2. The van der Waals surface area contributed by atoms with Crippen LogP contribution in [-0.2, 0) is 6.42 Å². The highest BCUT2D eigenvalue weighted by atomic mass is 16.3. The molecule has 0 bridgehead atoms. The number of rotatable bonds is 6. The molecule has 18 heavy (non-hydrogen) atoms. The summed E-state index contributed by atoms with van der Waals surface area (Å²) in [5.74, 6) is 0.317. The maximum absolute atomic E-state index is 9.98. The lowest BCUT2D eigenvalue weighted by atomic mass is 9.80. The summed E-state index contributed by atoms with van der Waals surface area (Å²) in [6, 6.07) is 7.78. The average Bonchev–Trinajstić information content (AvgIpc) is 2.33. The van der Waals surface area contributed by atoms with Crippen LogP contribution >= 0.6 is 0 Å². The minimum atomic E-state index is -0.438. The largest absolute Gasteiger partial charge is 0.508 e. The third-order valence-electron chi connectivity index (χ3n) is 3.87. The van der Waals surface area contributed by atoms with Crippen molar-refractivity contribution in [2.24, 2.45) is 0 Å². The van der Waals surface area contributed by atoms with E-state index in [9.17, 15) is 10.2 Å². The first-order valence-electron chi connectivity index (χ1n) is 6.81. The fourth-order valence-corrected chi connectivity index (χ4v) is 2.27. The van der Waals surface area contributed by atoms with Gasteiger partial charge >= 0.3 is 0 Å². The monoisotopic (exact) mass is 249 g/mol. The second kappa shape index (κ2) is 5.72. The Morgan fingerprint density at radius 1 is 1.28 bits per heavy atom. The van der Waals surface area contributed by atoms with Gasteiger partial charge in [0, 0.05) is 12.6 Å². The Bertz CT molecular complexity index is 371. The molecular weight excluding hydrogens is 226 g/mol. The maximum Gasteiger partial charge on any atom is 0.115 e. The Morgan fingerprint density at radius 2 is 1.94 bits per heavy atom. The predicted molar refractivity (Wildman–Crippen MR) is 72.7 cm³/mol. The van der Waals surface area contributed by atoms with E-state index in [0.717, 1.165) is 32.1 Å². The molecule has 1 aliphatic rings. The first-order chi connectivity index (χ1) is 8.57. The van der Waals surface area contributed by atoms with E-state index in [1.165, 1.54) is 5.56 Å². The Balaban J connectivity index is 1.68. The van der Waals surface area contributed by atoms with Crippen molar-refractivity contribution in [3.8, 4) is 5.75 Å². The summed E-state index contributed by atoms with van der Waals surface area (Å²) < 4.78 is 0. The second-order valence-corrected chi connectivity index (χ2v) is 5.56. The van der Waals surface area contributed by atoms with Crippen LogP contribution in [0, 0.1) is 0 Å². The summed E-state index contributed by atoms with van der Waals surface area (Å²) >= 11 is 0. The number of phenolic OH excluding ortho intramolecular Hbond substituents is 1. The molecule has 3 nitrogen and oxygen atoms in total. The highest BCUT2D eigenvalue weighted by molar-refractivity contribution is 5.25. The zero-order chi connectivity index (χ0) is 13.0. The van der Waals surface area contributed by atoms with Crippen molar-refractivity contribution in [1.29, 1.82) is 0 Å². The second-order valence-electron chi connectivity index (χ2n) is 5.56. The lowest BCUT2D eigenvalue weighted by Gasteiger charge is -2.37. The molecule has 1 unspecified atom stereocenters. The quantitative estimate of drug-likeness (QED) is 0.724. The lowest BCUT2D eigenvalue weighted by Crippen LogP contribution is -2.48. The molecule has 1 saturated carbocycles. The van der Waals surface area contributed by atoms with Crippen molar-refractivity contribution >= 4 is 0 Å². The molecule has 1 fully saturated rings. The van der Waals surface area contributed by atoms with E-state index in [-0.39, 0.29) is 0 Å². The first kappa shape index (κ1) is 13.4. The molecule has 3 heteroatoms. The molecule has 0 amide bonds. The molecule has 0 aromatic heterocycles. The topological polar surface area (TPSA) is 52.5 Å². The number of hydrogen-bond donors (Lipinski definition) is 3. The summed E-state index contributed by atoms with van der Waals surface area (Å²) in [7, 11) is 0. The molecule has 2 rings (SSSR count). The van der Waals surface area contributed by atoms with Gasteiger partial charge in [-0.05, 0) is 56.7 Å². The van der Waals surface area contributed by atoms with E-state index in [0.29, 0.717) is 18.3 Å². The predicted octanol–water partition coefficient (Wildman–Crippen LogP) is 2.22. The SMILES string of the molecule is CC(CCc1ccc(O)cc1)NCC1(O)CCC1. The third kappa shape index (κ3) is 3.72. The highest BCUT2D eigenvalue weighted by Gasteiger charge is 2.33. The highest BCUT2D eigenvalue weighted by Crippen LogP contribution is 2.30. The van der Waals surface area contributed by atoms with Crippen molar-refractivity contribution < 1.29 is 10.2 Å². The molecule has 0 heterocycles. The fourth-order valence-electron chi connectivity index (χ4n) is 2.27. The van der Waals surface area contributed by atoms with Gasteiger partial charge in [0.2, 0.25) is 0 Å². The van der Waals surface area contributed by atoms with Crippen molar-refractivity contribution in [3.63, 3.8) is 0 Å². The van der Waals surface area contributed by atoms with E-state index in [4.69, 9.17) is 0 Å². The number of nitrogens with one attached hydrogen (secondary N) is 1. The lowest BCUT2D eigenvalue weighted by molar-refractivity contribution is -0.0330. The number of aromatic hydroxyl groups is 1. The van der Waals surface area contributed by atoms with Crippen LogP contribution in [0.2, 0.25) is 0 Å². The summed E-state index contributed by atoms with van der Waals surface area (Å²) in [6.45, 7) is 2.87. The molecular formula is C15H23NO2. The standard InChI is InChI=1S/C15H23NO2/c1-12(16-11-15(18)9-2-10-15)3-4-13-5-7-14(17)8-6-13/h5-8,12,16-18H,2-4,9-11H2,1H3. The van der Waals surface area contributed by atoms with E-state index in [1.807, 2.05) is 12.1 Å². The van der Waals surface area contributed by atoms with E-state index in [1.54, 1.807) is 12.1 Å². The van der Waals surface area contributed by atoms with Crippen molar-refractivity contribution in [2.75, 3.05) is 6.54 Å². The summed E-state index contributed by atoms with van der Waals surface area (Å²) in [6.07, 6.45) is 5.06. The molecule has 0 aliphatic heterocycles. The zero-order valence-electron chi connectivity index (χ0n) is 11.0. The number of hydrogen-bond acceptors (Lipinski definition) is 3. The van der Waals surface area contributed by atoms with E-state index < -0.39 is 5.60 Å². The van der Waals surface area contributed by atoms with Gasteiger partial charge in [-0.25, -0.2) is 0 Å². The smallest absolute Gasteiger partial charge is 0.115 e. The van der Waals surface area contributed by atoms with E-state index >= 15 is 0 Å². The first-order valence-corrected chi connectivity index (χ1v) is 6.81. The minimum absolute atomic E-state index is 0.317. The van der Waals surface area contributed by atoms with Gasteiger partial charge in [0.25, 0.3) is 0 Å². The van der Waals surface area contributed by atoms with Crippen LogP contribution in [-0.4, -0.2) is 28.4 Å². The third-order valence-corrected chi connectivity index (χ3v) is 3.87. The van der Waals surface area contributed by atoms with Gasteiger partial charge in [0.15, 0.2) is 0 Å². The number of aliphatic hydroxyl groups is 1. The summed E-state index contributed by atoms with van der Waals surface area (Å²) in [5, 5.41) is 22.6. The maximum atomic E-state index is 9.98. The minimum Gasteiger partial charge on any atom is -0.508 e. The summed E-state index contributed by atoms with van der Waals surface area (Å²) in [4.78, 5) is 0. The van der Waals surface area contributed by atoms with Gasteiger partial charge in [-0.3, -0.25) is 0 Å². The van der Waals surface area contributed by atoms with Gasteiger partial charge in [-0.1, -0.05) is 12.1 Å². The Hall–Kier alpha value is -1.06. The van der Waals surface area contributed by atoms with Gasteiger partial charge in [-0.2, -0.15) is 0 Å². The molecule has 1 atom stereocenters. The molecule has 0 spiro atoms. The van der Waals surface area contributed by atoms with Crippen molar-refractivity contribution in [1.82, 2.24) is 5.32 Å². The molecule has 1 aliphatic carbocycles. The van der Waals surface area contributed by atoms with Crippen LogP contribution in [0.5, 0.6) is 5.75 Å². The Morgan fingerprint density at radius 3 is 2.50 bits per heavy atom. The molecule has 0 radical (unpaired) electrons. The van der Waals surface area contributed by atoms with E-state index in [2.05, 4.69) is 12.2 Å². The van der Waals surface area contributed by atoms with Gasteiger partial charge in [-0.15, -0.1) is 0 Å². The molecule has 100 valence electrons. The van der Waals surface area contributed by atoms with Crippen LogP contribution in [0.3, 0.4) is 0 Å². The molecule has 3 N–H and O–H groups in total. The molecule has 1 aromatic carbocycles. The number of benzene rings is 1. The zero-order valence-corrected chi connectivity index (χ0v) is 11.0. The van der Waals surface area contributed by atoms with Crippen LogP contribution < -0.4 is 5.32 Å². The van der Waals surface area contributed by atoms with Crippen LogP contribution in [0.25, 0.3) is 0 Å². The average molecular weight is 249 g/mol. The Kier molecular flexibility index (Phi) is 4.25. The van der Waals surface area contributed by atoms with Gasteiger partial charge in [0.05, 0.1) is 5.60 Å². The van der Waals surface area contributed by atoms with Crippen molar-refractivity contribution in [2.45, 2.75) is 50.7 Å². The van der Waals surface area contributed by atoms with Crippen LogP contribution in [0.15, 0.2) is 24.3 Å². The Labute approximate surface area is 109 Å². The molecule has 1 aromatic rings. The van der Waals surface area contributed by atoms with Crippen LogP contribution in [0.1, 0.15) is 38.2 Å². The van der Waals surface area contributed by atoms with Gasteiger partial charge in [0.1, 0.15) is 5.75 Å². The number of phenols is 1. The fraction of sp³-hybridized carbons (Fsp3) is 0.600. The molecule has 0 saturated heterocycles. The number of aryl methyl sites for hydroxylation is 1. The van der Waals surface area contributed by atoms with Gasteiger partial charge < -0.3 is 15.5 Å². The van der Waals surface area contributed by atoms with Crippen molar-refractivity contribution in [3.05, 3.63) is 29.8 Å². The van der Waals surface area contributed by atoms with Crippen LogP contribution in [0.4, 0.5) is 0 Å².